The SMILES string of the molecule is COc1ccc(CNCc2ccco2)c(C(F)(F)F)c1. The Morgan fingerprint density at radius 1 is 1.20 bits per heavy atom. The predicted molar refractivity (Wildman–Crippen MR) is 67.2 cm³/mol. The van der Waals surface area contributed by atoms with Crippen LogP contribution in [0.4, 0.5) is 13.2 Å². The zero-order chi connectivity index (χ0) is 14.6. The average Bonchev–Trinajstić information content (AvgIpc) is 2.91. The number of rotatable bonds is 5. The lowest BCUT2D eigenvalue weighted by Gasteiger charge is -2.14. The predicted octanol–water partition coefficient (Wildman–Crippen LogP) is 3.60. The molecule has 0 aliphatic carbocycles. The van der Waals surface area contributed by atoms with E-state index in [1.807, 2.05) is 0 Å². The Morgan fingerprint density at radius 3 is 2.60 bits per heavy atom. The van der Waals surface area contributed by atoms with Gasteiger partial charge in [-0.2, -0.15) is 13.2 Å². The third kappa shape index (κ3) is 3.54. The van der Waals surface area contributed by atoms with Crippen LogP contribution in [0.15, 0.2) is 41.0 Å². The van der Waals surface area contributed by atoms with E-state index < -0.39 is 11.7 Å². The molecular formula is C14H14F3NO2. The smallest absolute Gasteiger partial charge is 0.416 e. The lowest BCUT2D eigenvalue weighted by atomic mass is 10.1. The second-order valence-electron chi connectivity index (χ2n) is 4.20. The second-order valence-corrected chi connectivity index (χ2v) is 4.20. The van der Waals surface area contributed by atoms with Gasteiger partial charge in [0.1, 0.15) is 11.5 Å². The highest BCUT2D eigenvalue weighted by Gasteiger charge is 2.33. The molecule has 1 heterocycles. The first kappa shape index (κ1) is 14.5. The summed E-state index contributed by atoms with van der Waals surface area (Å²) in [7, 11) is 1.34. The summed E-state index contributed by atoms with van der Waals surface area (Å²) in [5, 5.41) is 2.92. The number of halogens is 3. The van der Waals surface area contributed by atoms with Gasteiger partial charge in [-0.05, 0) is 29.8 Å². The van der Waals surface area contributed by atoms with Gasteiger partial charge in [-0.3, -0.25) is 0 Å². The van der Waals surface area contributed by atoms with Gasteiger partial charge in [-0.25, -0.2) is 0 Å². The first-order valence-electron chi connectivity index (χ1n) is 5.98. The van der Waals surface area contributed by atoms with Crippen molar-refractivity contribution >= 4 is 0 Å². The molecule has 3 nitrogen and oxygen atoms in total. The zero-order valence-electron chi connectivity index (χ0n) is 10.8. The third-order valence-electron chi connectivity index (χ3n) is 2.82. The van der Waals surface area contributed by atoms with Crippen LogP contribution in [0.25, 0.3) is 0 Å². The fraction of sp³-hybridized carbons (Fsp3) is 0.286. The summed E-state index contributed by atoms with van der Waals surface area (Å²) in [5.74, 6) is 0.860. The van der Waals surface area contributed by atoms with Crippen LogP contribution in [0.1, 0.15) is 16.9 Å². The minimum absolute atomic E-state index is 0.0968. The van der Waals surface area contributed by atoms with Gasteiger partial charge in [0.2, 0.25) is 0 Å². The highest BCUT2D eigenvalue weighted by atomic mass is 19.4. The highest BCUT2D eigenvalue weighted by molar-refractivity contribution is 5.37. The molecule has 0 amide bonds. The monoisotopic (exact) mass is 285 g/mol. The normalized spacial score (nSPS) is 11.6. The van der Waals surface area contributed by atoms with Crippen LogP contribution in [0.3, 0.4) is 0 Å². The van der Waals surface area contributed by atoms with Crippen molar-refractivity contribution in [2.45, 2.75) is 19.3 Å². The van der Waals surface area contributed by atoms with Gasteiger partial charge in [-0.1, -0.05) is 6.07 Å². The van der Waals surface area contributed by atoms with Crippen molar-refractivity contribution < 1.29 is 22.3 Å². The molecule has 0 aliphatic heterocycles. The van der Waals surface area contributed by atoms with E-state index in [1.165, 1.54) is 25.5 Å². The number of benzene rings is 1. The molecule has 0 radical (unpaired) electrons. The Hall–Kier alpha value is -1.95. The number of methoxy groups -OCH3 is 1. The van der Waals surface area contributed by atoms with Gasteiger partial charge < -0.3 is 14.5 Å². The molecule has 0 saturated carbocycles. The molecule has 0 fully saturated rings. The number of furan rings is 1. The van der Waals surface area contributed by atoms with Crippen molar-refractivity contribution in [2.24, 2.45) is 0 Å². The molecule has 0 bridgehead atoms. The molecule has 0 unspecified atom stereocenters. The molecular weight excluding hydrogens is 271 g/mol. The zero-order valence-corrected chi connectivity index (χ0v) is 10.8. The summed E-state index contributed by atoms with van der Waals surface area (Å²) < 4.78 is 48.8. The molecule has 0 saturated heterocycles. The van der Waals surface area contributed by atoms with Gasteiger partial charge in [0.05, 0.1) is 25.5 Å². The second kappa shape index (κ2) is 6.00. The molecule has 6 heteroatoms. The van der Waals surface area contributed by atoms with E-state index in [4.69, 9.17) is 9.15 Å². The maximum atomic E-state index is 13.0. The number of hydrogen-bond acceptors (Lipinski definition) is 3. The van der Waals surface area contributed by atoms with Crippen molar-refractivity contribution in [2.75, 3.05) is 7.11 Å². The van der Waals surface area contributed by atoms with E-state index in [-0.39, 0.29) is 17.9 Å². The highest BCUT2D eigenvalue weighted by Crippen LogP contribution is 2.34. The molecule has 1 aromatic carbocycles. The molecule has 0 atom stereocenters. The molecule has 2 aromatic rings. The summed E-state index contributed by atoms with van der Waals surface area (Å²) >= 11 is 0. The Kier molecular flexibility index (Phi) is 4.34. The minimum atomic E-state index is -4.41. The molecule has 108 valence electrons. The van der Waals surface area contributed by atoms with Crippen LogP contribution >= 0.6 is 0 Å². The largest absolute Gasteiger partial charge is 0.497 e. The van der Waals surface area contributed by atoms with E-state index >= 15 is 0 Å². The van der Waals surface area contributed by atoms with Crippen LogP contribution in [0, 0.1) is 0 Å². The molecule has 1 aromatic heterocycles. The molecule has 2 rings (SSSR count). The fourth-order valence-electron chi connectivity index (χ4n) is 1.83. The quantitative estimate of drug-likeness (QED) is 0.911. The lowest BCUT2D eigenvalue weighted by molar-refractivity contribution is -0.138. The van der Waals surface area contributed by atoms with Crippen molar-refractivity contribution in [1.29, 1.82) is 0 Å². The van der Waals surface area contributed by atoms with Gasteiger partial charge in [-0.15, -0.1) is 0 Å². The van der Waals surface area contributed by atoms with Crippen LogP contribution in [0.2, 0.25) is 0 Å². The number of hydrogen-bond donors (Lipinski definition) is 1. The van der Waals surface area contributed by atoms with E-state index in [1.54, 1.807) is 12.1 Å². The van der Waals surface area contributed by atoms with Crippen molar-refractivity contribution in [3.8, 4) is 5.75 Å². The fourth-order valence-corrected chi connectivity index (χ4v) is 1.83. The maximum absolute atomic E-state index is 13.0. The first-order valence-corrected chi connectivity index (χ1v) is 5.98. The van der Waals surface area contributed by atoms with Crippen molar-refractivity contribution in [1.82, 2.24) is 5.32 Å². The van der Waals surface area contributed by atoms with Gasteiger partial charge in [0.25, 0.3) is 0 Å². The van der Waals surface area contributed by atoms with Crippen LogP contribution < -0.4 is 10.1 Å². The number of alkyl halides is 3. The van der Waals surface area contributed by atoms with Gasteiger partial charge >= 0.3 is 6.18 Å². The van der Waals surface area contributed by atoms with Crippen LogP contribution in [0.5, 0.6) is 5.75 Å². The summed E-state index contributed by atoms with van der Waals surface area (Å²) in [4.78, 5) is 0. The van der Waals surface area contributed by atoms with Crippen molar-refractivity contribution in [3.63, 3.8) is 0 Å². The minimum Gasteiger partial charge on any atom is -0.497 e. The van der Waals surface area contributed by atoms with Crippen LogP contribution in [-0.4, -0.2) is 7.11 Å². The Balaban J connectivity index is 2.10. The number of nitrogens with one attached hydrogen (secondary N) is 1. The third-order valence-corrected chi connectivity index (χ3v) is 2.82. The topological polar surface area (TPSA) is 34.4 Å². The maximum Gasteiger partial charge on any atom is 0.416 e. The van der Waals surface area contributed by atoms with Crippen molar-refractivity contribution in [3.05, 3.63) is 53.5 Å². The van der Waals surface area contributed by atoms with E-state index in [0.29, 0.717) is 12.3 Å². The van der Waals surface area contributed by atoms with E-state index in [9.17, 15) is 13.2 Å². The van der Waals surface area contributed by atoms with E-state index in [2.05, 4.69) is 5.32 Å². The van der Waals surface area contributed by atoms with E-state index in [0.717, 1.165) is 6.07 Å². The van der Waals surface area contributed by atoms with Crippen LogP contribution in [-0.2, 0) is 19.3 Å². The Labute approximate surface area is 114 Å². The Morgan fingerprint density at radius 2 is 2.00 bits per heavy atom. The first-order chi connectivity index (χ1) is 9.50. The average molecular weight is 285 g/mol. The lowest BCUT2D eigenvalue weighted by Crippen LogP contribution is -2.17. The summed E-state index contributed by atoms with van der Waals surface area (Å²) in [6, 6.07) is 7.41. The van der Waals surface area contributed by atoms with Gasteiger partial charge in [0.15, 0.2) is 0 Å². The molecule has 1 N–H and O–H groups in total. The standard InChI is InChI=1S/C14H14F3NO2/c1-19-11-5-4-10(13(7-11)14(15,16)17)8-18-9-12-3-2-6-20-12/h2-7,18H,8-9H2,1H3. The summed E-state index contributed by atoms with van der Waals surface area (Å²) in [6.07, 6.45) is -2.89. The molecule has 0 spiro atoms. The van der Waals surface area contributed by atoms with Gasteiger partial charge in [0, 0.05) is 6.54 Å². The number of ether oxygens (including phenoxy) is 1. The Bertz CT molecular complexity index is 550. The summed E-state index contributed by atoms with van der Waals surface area (Å²) in [6.45, 7) is 0.468. The molecule has 0 aliphatic rings. The molecule has 20 heavy (non-hydrogen) atoms. The summed E-state index contributed by atoms with van der Waals surface area (Å²) in [5.41, 5.74) is -0.520.